The summed E-state index contributed by atoms with van der Waals surface area (Å²) in [4.78, 5) is 12.1. The van der Waals surface area contributed by atoms with Crippen LogP contribution in [0.15, 0.2) is 27.1 Å². The van der Waals surface area contributed by atoms with Gasteiger partial charge in [0, 0.05) is 15.5 Å². The van der Waals surface area contributed by atoms with Gasteiger partial charge in [0.2, 0.25) is 0 Å². The number of carbonyl (C=O) groups excluding carboxylic acids is 1. The maximum atomic E-state index is 12.1. The maximum Gasteiger partial charge on any atom is 0.252 e. The van der Waals surface area contributed by atoms with Crippen molar-refractivity contribution in [2.45, 2.75) is 38.5 Å². The van der Waals surface area contributed by atoms with Crippen LogP contribution in [-0.2, 0) is 0 Å². The second-order valence-electron chi connectivity index (χ2n) is 5.17. The van der Waals surface area contributed by atoms with Gasteiger partial charge >= 0.3 is 0 Å². The zero-order chi connectivity index (χ0) is 13.7. The summed E-state index contributed by atoms with van der Waals surface area (Å²) in [6.07, 6.45) is 7.86. The average molecular weight is 389 g/mol. The van der Waals surface area contributed by atoms with E-state index in [4.69, 9.17) is 0 Å². The van der Waals surface area contributed by atoms with Gasteiger partial charge in [-0.1, -0.05) is 48.0 Å². The molecule has 1 saturated carbocycles. The van der Waals surface area contributed by atoms with E-state index in [2.05, 4.69) is 37.2 Å². The monoisotopic (exact) mass is 387 g/mol. The molecule has 4 heteroatoms. The summed E-state index contributed by atoms with van der Waals surface area (Å²) < 4.78 is 1.76. The molecule has 2 rings (SSSR count). The van der Waals surface area contributed by atoms with E-state index in [9.17, 15) is 4.79 Å². The van der Waals surface area contributed by atoms with Crippen molar-refractivity contribution in [1.29, 1.82) is 0 Å². The largest absolute Gasteiger partial charge is 0.352 e. The molecule has 0 radical (unpaired) electrons. The molecule has 1 amide bonds. The Bertz CT molecular complexity index is 442. The van der Waals surface area contributed by atoms with E-state index in [1.165, 1.54) is 32.1 Å². The highest BCUT2D eigenvalue weighted by Gasteiger charge is 2.14. The number of rotatable bonds is 4. The second kappa shape index (κ2) is 7.44. The molecule has 1 aromatic carbocycles. The minimum Gasteiger partial charge on any atom is -0.352 e. The highest BCUT2D eigenvalue weighted by molar-refractivity contribution is 9.11. The van der Waals surface area contributed by atoms with Crippen LogP contribution in [0.25, 0.3) is 0 Å². The van der Waals surface area contributed by atoms with Gasteiger partial charge in [-0.15, -0.1) is 0 Å². The van der Waals surface area contributed by atoms with Gasteiger partial charge < -0.3 is 5.32 Å². The van der Waals surface area contributed by atoms with Crippen molar-refractivity contribution in [3.05, 3.63) is 32.7 Å². The molecule has 1 fully saturated rings. The van der Waals surface area contributed by atoms with Gasteiger partial charge in [-0.2, -0.15) is 0 Å². The smallest absolute Gasteiger partial charge is 0.252 e. The first-order valence-corrected chi connectivity index (χ1v) is 8.48. The van der Waals surface area contributed by atoms with Crippen molar-refractivity contribution in [1.82, 2.24) is 5.32 Å². The van der Waals surface area contributed by atoms with E-state index in [0.717, 1.165) is 27.8 Å². The summed E-state index contributed by atoms with van der Waals surface area (Å²) in [6, 6.07) is 5.66. The third-order valence-corrected chi connectivity index (χ3v) is 4.92. The zero-order valence-electron chi connectivity index (χ0n) is 10.9. The van der Waals surface area contributed by atoms with Crippen LogP contribution < -0.4 is 5.32 Å². The van der Waals surface area contributed by atoms with Crippen molar-refractivity contribution >= 4 is 37.8 Å². The molecule has 1 aliphatic carbocycles. The van der Waals surface area contributed by atoms with E-state index >= 15 is 0 Å². The molecule has 1 aromatic rings. The molecule has 2 nitrogen and oxygen atoms in total. The van der Waals surface area contributed by atoms with Gasteiger partial charge in [-0.25, -0.2) is 0 Å². The van der Waals surface area contributed by atoms with Crippen LogP contribution >= 0.6 is 31.9 Å². The summed E-state index contributed by atoms with van der Waals surface area (Å²) in [5, 5.41) is 3.02. The second-order valence-corrected chi connectivity index (χ2v) is 6.94. The Balaban J connectivity index is 1.82. The summed E-state index contributed by atoms with van der Waals surface area (Å²) in [5.74, 6) is 0.809. The Hall–Kier alpha value is -0.350. The van der Waals surface area contributed by atoms with Crippen LogP contribution in [0.2, 0.25) is 0 Å². The van der Waals surface area contributed by atoms with Crippen LogP contribution in [-0.4, -0.2) is 12.5 Å². The number of carbonyl (C=O) groups is 1. The van der Waals surface area contributed by atoms with Crippen molar-refractivity contribution in [2.75, 3.05) is 6.54 Å². The normalized spacial score (nSPS) is 16.3. The summed E-state index contributed by atoms with van der Waals surface area (Å²) in [6.45, 7) is 0.780. The Labute approximate surface area is 131 Å². The number of halogens is 2. The fourth-order valence-corrected chi connectivity index (χ4v) is 3.42. The Morgan fingerprint density at radius 1 is 1.21 bits per heavy atom. The molecule has 0 aromatic heterocycles. The number of benzene rings is 1. The van der Waals surface area contributed by atoms with Crippen molar-refractivity contribution in [3.8, 4) is 0 Å². The van der Waals surface area contributed by atoms with Crippen LogP contribution in [0, 0.1) is 5.92 Å². The molecular weight excluding hydrogens is 370 g/mol. The van der Waals surface area contributed by atoms with Crippen LogP contribution in [0.5, 0.6) is 0 Å². The number of amides is 1. The molecule has 0 aliphatic heterocycles. The lowest BCUT2D eigenvalue weighted by atomic mass is 9.87. The predicted molar refractivity (Wildman–Crippen MR) is 85.4 cm³/mol. The summed E-state index contributed by atoms with van der Waals surface area (Å²) >= 11 is 6.81. The van der Waals surface area contributed by atoms with Crippen LogP contribution in [0.3, 0.4) is 0 Å². The first kappa shape index (κ1) is 15.0. The van der Waals surface area contributed by atoms with E-state index in [-0.39, 0.29) is 5.91 Å². The molecule has 0 spiro atoms. The lowest BCUT2D eigenvalue weighted by Gasteiger charge is -2.21. The molecule has 0 saturated heterocycles. The van der Waals surface area contributed by atoms with Crippen molar-refractivity contribution in [3.63, 3.8) is 0 Å². The molecular formula is C15H19Br2NO. The fourth-order valence-electron chi connectivity index (χ4n) is 2.63. The molecule has 19 heavy (non-hydrogen) atoms. The van der Waals surface area contributed by atoms with E-state index in [1.807, 2.05) is 18.2 Å². The predicted octanol–water partition coefficient (Wildman–Crippen LogP) is 4.91. The zero-order valence-corrected chi connectivity index (χ0v) is 14.1. The fraction of sp³-hybridized carbons (Fsp3) is 0.533. The highest BCUT2D eigenvalue weighted by atomic mass is 79.9. The Kier molecular flexibility index (Phi) is 5.89. The molecule has 1 aliphatic rings. The quantitative estimate of drug-likeness (QED) is 0.779. The van der Waals surface area contributed by atoms with Gasteiger partial charge in [0.15, 0.2) is 0 Å². The Morgan fingerprint density at radius 3 is 2.68 bits per heavy atom. The van der Waals surface area contributed by atoms with Gasteiger partial charge in [0.05, 0.1) is 5.56 Å². The number of hydrogen-bond acceptors (Lipinski definition) is 1. The lowest BCUT2D eigenvalue weighted by Crippen LogP contribution is -2.26. The van der Waals surface area contributed by atoms with Crippen LogP contribution in [0.4, 0.5) is 0 Å². The number of hydrogen-bond donors (Lipinski definition) is 1. The third kappa shape index (κ3) is 4.60. The van der Waals surface area contributed by atoms with Gasteiger partial charge in [-0.05, 0) is 46.5 Å². The molecule has 0 bridgehead atoms. The van der Waals surface area contributed by atoms with Gasteiger partial charge in [-0.3, -0.25) is 4.79 Å². The summed E-state index contributed by atoms with van der Waals surface area (Å²) in [7, 11) is 0. The van der Waals surface area contributed by atoms with E-state index in [1.54, 1.807) is 0 Å². The standard InChI is InChI=1S/C15H19Br2NO/c16-12-6-7-14(17)13(10-12)15(19)18-9-8-11-4-2-1-3-5-11/h6-7,10-11H,1-5,8-9H2,(H,18,19). The minimum atomic E-state index is 0.00369. The number of nitrogens with one attached hydrogen (secondary N) is 1. The summed E-state index contributed by atoms with van der Waals surface area (Å²) in [5.41, 5.74) is 0.693. The van der Waals surface area contributed by atoms with Crippen molar-refractivity contribution in [2.24, 2.45) is 5.92 Å². The first-order valence-electron chi connectivity index (χ1n) is 6.90. The van der Waals surface area contributed by atoms with Crippen LogP contribution in [0.1, 0.15) is 48.9 Å². The lowest BCUT2D eigenvalue weighted by molar-refractivity contribution is 0.0949. The highest BCUT2D eigenvalue weighted by Crippen LogP contribution is 2.26. The maximum absolute atomic E-state index is 12.1. The SMILES string of the molecule is O=C(NCCC1CCCCC1)c1cc(Br)ccc1Br. The average Bonchev–Trinajstić information content (AvgIpc) is 2.42. The van der Waals surface area contributed by atoms with E-state index < -0.39 is 0 Å². The van der Waals surface area contributed by atoms with Gasteiger partial charge in [0.25, 0.3) is 5.91 Å². The first-order chi connectivity index (χ1) is 9.16. The molecule has 0 unspecified atom stereocenters. The topological polar surface area (TPSA) is 29.1 Å². The Morgan fingerprint density at radius 2 is 1.95 bits per heavy atom. The molecule has 104 valence electrons. The van der Waals surface area contributed by atoms with Crippen molar-refractivity contribution < 1.29 is 4.79 Å². The molecule has 1 N–H and O–H groups in total. The molecule has 0 heterocycles. The third-order valence-electron chi connectivity index (χ3n) is 3.74. The molecule has 0 atom stereocenters. The van der Waals surface area contributed by atoms with E-state index in [0.29, 0.717) is 5.56 Å². The minimum absolute atomic E-state index is 0.00369. The van der Waals surface area contributed by atoms with Gasteiger partial charge in [0.1, 0.15) is 0 Å².